The van der Waals surface area contributed by atoms with Crippen LogP contribution < -0.4 is 5.73 Å². The molecule has 0 aliphatic heterocycles. The quantitative estimate of drug-likeness (QED) is 0.467. The van der Waals surface area contributed by atoms with Gasteiger partial charge in [-0.25, -0.2) is 0 Å². The summed E-state index contributed by atoms with van der Waals surface area (Å²) in [5.41, 5.74) is 5.52. The van der Waals surface area contributed by atoms with Gasteiger partial charge in [0.25, 0.3) is 0 Å². The third kappa shape index (κ3) is 5.47. The van der Waals surface area contributed by atoms with Crippen molar-refractivity contribution in [3.63, 3.8) is 0 Å². The monoisotopic (exact) mass is 229 g/mol. The van der Waals surface area contributed by atoms with Gasteiger partial charge in [0, 0.05) is 32.2 Å². The molecule has 0 rings (SSSR count). The molecule has 0 bridgehead atoms. The van der Waals surface area contributed by atoms with E-state index < -0.39 is 0 Å². The molecule has 1 unspecified atom stereocenters. The van der Waals surface area contributed by atoms with E-state index >= 15 is 0 Å². The van der Waals surface area contributed by atoms with Gasteiger partial charge in [-0.3, -0.25) is 10.3 Å². The summed E-state index contributed by atoms with van der Waals surface area (Å²) in [4.78, 5) is 2.38. The number of rotatable bonds is 9. The molecule has 0 aliphatic rings. The normalized spacial score (nSPS) is 13.4. The Labute approximate surface area is 99.7 Å². The van der Waals surface area contributed by atoms with Gasteiger partial charge in [-0.05, 0) is 12.8 Å². The third-order valence-corrected chi connectivity index (χ3v) is 3.08. The summed E-state index contributed by atoms with van der Waals surface area (Å²) < 4.78 is 5.13. The van der Waals surface area contributed by atoms with Crippen molar-refractivity contribution in [2.75, 3.05) is 26.8 Å². The Balaban J connectivity index is 4.34. The van der Waals surface area contributed by atoms with Gasteiger partial charge in [0.05, 0.1) is 12.4 Å². The zero-order valence-corrected chi connectivity index (χ0v) is 11.1. The number of nitrogens with two attached hydrogens (primary N) is 1. The number of nitrogens with one attached hydrogen (secondary N) is 1. The van der Waals surface area contributed by atoms with Crippen molar-refractivity contribution < 1.29 is 4.74 Å². The highest BCUT2D eigenvalue weighted by atomic mass is 16.5. The predicted octanol–water partition coefficient (Wildman–Crippen LogP) is 1.70. The first-order chi connectivity index (χ1) is 7.56. The lowest BCUT2D eigenvalue weighted by Gasteiger charge is -2.32. The summed E-state index contributed by atoms with van der Waals surface area (Å²) >= 11 is 0. The van der Waals surface area contributed by atoms with Crippen molar-refractivity contribution in [1.82, 2.24) is 4.90 Å². The molecule has 0 amide bonds. The first-order valence-corrected chi connectivity index (χ1v) is 6.13. The van der Waals surface area contributed by atoms with Crippen LogP contribution in [0.2, 0.25) is 0 Å². The molecule has 0 heterocycles. The van der Waals surface area contributed by atoms with Crippen LogP contribution in [0, 0.1) is 11.3 Å². The second-order valence-corrected chi connectivity index (χ2v) is 4.31. The summed E-state index contributed by atoms with van der Waals surface area (Å²) in [6.07, 6.45) is 2.26. The average Bonchev–Trinajstić information content (AvgIpc) is 2.26. The first-order valence-electron chi connectivity index (χ1n) is 6.13. The van der Waals surface area contributed by atoms with Crippen LogP contribution in [0.1, 0.15) is 33.6 Å². The highest BCUT2D eigenvalue weighted by Gasteiger charge is 2.18. The molecule has 0 aromatic heterocycles. The summed E-state index contributed by atoms with van der Waals surface area (Å²) in [6, 6.07) is 0.567. The van der Waals surface area contributed by atoms with E-state index in [2.05, 4.69) is 18.7 Å². The van der Waals surface area contributed by atoms with Gasteiger partial charge in [0.2, 0.25) is 0 Å². The van der Waals surface area contributed by atoms with Crippen molar-refractivity contribution in [1.29, 1.82) is 5.41 Å². The second-order valence-electron chi connectivity index (χ2n) is 4.31. The van der Waals surface area contributed by atoms with Gasteiger partial charge in [0.1, 0.15) is 0 Å². The number of amidine groups is 1. The number of hydrogen-bond donors (Lipinski definition) is 2. The highest BCUT2D eigenvalue weighted by Crippen LogP contribution is 2.11. The number of methoxy groups -OCH3 is 1. The van der Waals surface area contributed by atoms with Crippen LogP contribution in [-0.4, -0.2) is 43.6 Å². The molecule has 4 nitrogen and oxygen atoms in total. The summed E-state index contributed by atoms with van der Waals surface area (Å²) in [7, 11) is 1.72. The molecular formula is C12H27N3O. The first kappa shape index (κ1) is 15.4. The molecule has 96 valence electrons. The molecule has 0 aromatic carbocycles. The molecule has 0 spiro atoms. The Morgan fingerprint density at radius 2 is 1.94 bits per heavy atom. The van der Waals surface area contributed by atoms with Crippen molar-refractivity contribution in [2.24, 2.45) is 11.7 Å². The maximum Gasteiger partial charge on any atom is 0.0947 e. The number of hydrogen-bond acceptors (Lipinski definition) is 3. The molecule has 0 saturated heterocycles. The zero-order valence-electron chi connectivity index (χ0n) is 11.1. The molecule has 4 heteroatoms. The van der Waals surface area contributed by atoms with E-state index in [1.807, 2.05) is 6.92 Å². The lowest BCUT2D eigenvalue weighted by Crippen LogP contribution is -2.42. The zero-order chi connectivity index (χ0) is 12.6. The SMILES string of the molecule is CCC(CC)N(CCOC)CC(C)C(=N)N. The van der Waals surface area contributed by atoms with E-state index in [-0.39, 0.29) is 11.8 Å². The smallest absolute Gasteiger partial charge is 0.0947 e. The summed E-state index contributed by atoms with van der Waals surface area (Å²) in [5, 5.41) is 7.45. The molecular weight excluding hydrogens is 202 g/mol. The van der Waals surface area contributed by atoms with E-state index in [1.54, 1.807) is 7.11 Å². The van der Waals surface area contributed by atoms with E-state index in [9.17, 15) is 0 Å². The maximum atomic E-state index is 7.45. The Hall–Kier alpha value is -0.610. The highest BCUT2D eigenvalue weighted by molar-refractivity contribution is 5.79. The summed E-state index contributed by atoms with van der Waals surface area (Å²) in [5.74, 6) is 0.394. The second kappa shape index (κ2) is 8.53. The summed E-state index contributed by atoms with van der Waals surface area (Å²) in [6.45, 7) is 8.91. The van der Waals surface area contributed by atoms with Gasteiger partial charge >= 0.3 is 0 Å². The topological polar surface area (TPSA) is 62.3 Å². The Morgan fingerprint density at radius 3 is 2.31 bits per heavy atom. The lowest BCUT2D eigenvalue weighted by molar-refractivity contribution is 0.110. The fourth-order valence-corrected chi connectivity index (χ4v) is 1.89. The van der Waals surface area contributed by atoms with Gasteiger partial charge in [-0.1, -0.05) is 20.8 Å². The molecule has 0 fully saturated rings. The minimum atomic E-state index is 0.123. The third-order valence-electron chi connectivity index (χ3n) is 3.08. The minimum absolute atomic E-state index is 0.123. The molecule has 0 radical (unpaired) electrons. The Morgan fingerprint density at radius 1 is 1.38 bits per heavy atom. The number of nitrogens with zero attached hydrogens (tertiary/aromatic N) is 1. The van der Waals surface area contributed by atoms with Gasteiger partial charge < -0.3 is 10.5 Å². The van der Waals surface area contributed by atoms with Crippen molar-refractivity contribution in [2.45, 2.75) is 39.7 Å². The van der Waals surface area contributed by atoms with Gasteiger partial charge in [-0.2, -0.15) is 0 Å². The molecule has 0 aliphatic carbocycles. The van der Waals surface area contributed by atoms with Crippen LogP contribution in [0.4, 0.5) is 0 Å². The average molecular weight is 229 g/mol. The van der Waals surface area contributed by atoms with Crippen LogP contribution in [0.5, 0.6) is 0 Å². The Bertz CT molecular complexity index is 193. The van der Waals surface area contributed by atoms with Crippen molar-refractivity contribution >= 4 is 5.84 Å². The predicted molar refractivity (Wildman–Crippen MR) is 68.9 cm³/mol. The standard InChI is InChI=1S/C12H27N3O/c1-5-11(6-2)15(7-8-16-4)9-10(3)12(13)14/h10-11H,5-9H2,1-4H3,(H3,13,14). The van der Waals surface area contributed by atoms with Crippen LogP contribution >= 0.6 is 0 Å². The largest absolute Gasteiger partial charge is 0.387 e. The molecule has 0 aromatic rings. The van der Waals surface area contributed by atoms with Crippen molar-refractivity contribution in [3.8, 4) is 0 Å². The van der Waals surface area contributed by atoms with Gasteiger partial charge in [0.15, 0.2) is 0 Å². The minimum Gasteiger partial charge on any atom is -0.387 e. The molecule has 3 N–H and O–H groups in total. The lowest BCUT2D eigenvalue weighted by atomic mass is 10.1. The van der Waals surface area contributed by atoms with E-state index in [0.29, 0.717) is 6.04 Å². The fourth-order valence-electron chi connectivity index (χ4n) is 1.89. The van der Waals surface area contributed by atoms with E-state index in [0.717, 1.165) is 32.5 Å². The van der Waals surface area contributed by atoms with E-state index in [4.69, 9.17) is 15.9 Å². The molecule has 0 saturated carbocycles. The fraction of sp³-hybridized carbons (Fsp3) is 0.917. The molecule has 1 atom stereocenters. The Kier molecular flexibility index (Phi) is 8.21. The maximum absolute atomic E-state index is 7.45. The van der Waals surface area contributed by atoms with Crippen LogP contribution in [0.3, 0.4) is 0 Å². The van der Waals surface area contributed by atoms with E-state index in [1.165, 1.54) is 0 Å². The van der Waals surface area contributed by atoms with Crippen molar-refractivity contribution in [3.05, 3.63) is 0 Å². The van der Waals surface area contributed by atoms with Crippen LogP contribution in [0.25, 0.3) is 0 Å². The van der Waals surface area contributed by atoms with Crippen LogP contribution in [0.15, 0.2) is 0 Å². The van der Waals surface area contributed by atoms with Gasteiger partial charge in [-0.15, -0.1) is 0 Å². The van der Waals surface area contributed by atoms with Crippen LogP contribution in [-0.2, 0) is 4.74 Å². The molecule has 16 heavy (non-hydrogen) atoms. The number of ether oxygens (including phenoxy) is 1.